The standard InChI is InChI=1S/C16H11BrClN3O3/c17-13-9-4-1-2-5-10(9)21-14(13)16(23)24-8-12(22)20-11-6-3-7-19-15(11)18/h1-7,21H,8H2,(H,20,22). The number of carbonyl (C=O) groups excluding carboxylic acids is 2. The van der Waals surface area contributed by atoms with Gasteiger partial charge in [0.15, 0.2) is 11.8 Å². The van der Waals surface area contributed by atoms with Crippen molar-refractivity contribution in [2.75, 3.05) is 11.9 Å². The molecule has 1 aromatic carbocycles. The van der Waals surface area contributed by atoms with Crippen LogP contribution < -0.4 is 5.32 Å². The number of esters is 1. The second-order valence-electron chi connectivity index (χ2n) is 4.83. The highest BCUT2D eigenvalue weighted by molar-refractivity contribution is 9.10. The van der Waals surface area contributed by atoms with Gasteiger partial charge in [-0.1, -0.05) is 29.8 Å². The first-order valence-electron chi connectivity index (χ1n) is 6.90. The highest BCUT2D eigenvalue weighted by atomic mass is 79.9. The zero-order valence-electron chi connectivity index (χ0n) is 12.2. The minimum absolute atomic E-state index is 0.163. The van der Waals surface area contributed by atoms with Crippen LogP contribution in [0.3, 0.4) is 0 Å². The van der Waals surface area contributed by atoms with Gasteiger partial charge in [0.25, 0.3) is 5.91 Å². The van der Waals surface area contributed by atoms with Crippen LogP contribution in [0.4, 0.5) is 5.69 Å². The van der Waals surface area contributed by atoms with Crippen LogP contribution in [-0.2, 0) is 9.53 Å². The van der Waals surface area contributed by atoms with Gasteiger partial charge in [-0.25, -0.2) is 9.78 Å². The zero-order valence-corrected chi connectivity index (χ0v) is 14.5. The molecule has 2 heterocycles. The van der Waals surface area contributed by atoms with Gasteiger partial charge in [0, 0.05) is 17.1 Å². The number of fused-ring (bicyclic) bond motifs is 1. The number of para-hydroxylation sites is 1. The molecular weight excluding hydrogens is 398 g/mol. The van der Waals surface area contributed by atoms with E-state index in [-0.39, 0.29) is 10.8 Å². The van der Waals surface area contributed by atoms with Crippen molar-refractivity contribution in [3.05, 3.63) is 57.9 Å². The molecule has 1 amide bonds. The molecule has 0 radical (unpaired) electrons. The number of pyridine rings is 1. The maximum Gasteiger partial charge on any atom is 0.356 e. The third-order valence-electron chi connectivity index (χ3n) is 3.21. The maximum absolute atomic E-state index is 12.2. The smallest absolute Gasteiger partial charge is 0.356 e. The van der Waals surface area contributed by atoms with Gasteiger partial charge in [-0.15, -0.1) is 0 Å². The van der Waals surface area contributed by atoms with E-state index in [0.29, 0.717) is 10.2 Å². The summed E-state index contributed by atoms with van der Waals surface area (Å²) >= 11 is 9.21. The minimum atomic E-state index is -0.634. The summed E-state index contributed by atoms with van der Waals surface area (Å²) in [5.41, 5.74) is 1.40. The Labute approximate surface area is 150 Å². The lowest BCUT2D eigenvalue weighted by molar-refractivity contribution is -0.119. The number of aromatic nitrogens is 2. The first-order valence-corrected chi connectivity index (χ1v) is 8.07. The SMILES string of the molecule is O=C(COC(=O)c1[nH]c2ccccc2c1Br)Nc1cccnc1Cl. The summed E-state index contributed by atoms with van der Waals surface area (Å²) in [6.45, 7) is -0.439. The summed E-state index contributed by atoms with van der Waals surface area (Å²) in [4.78, 5) is 30.8. The van der Waals surface area contributed by atoms with Gasteiger partial charge >= 0.3 is 5.97 Å². The number of amides is 1. The number of hydrogen-bond acceptors (Lipinski definition) is 4. The number of rotatable bonds is 4. The van der Waals surface area contributed by atoms with Gasteiger partial charge in [0.05, 0.1) is 10.2 Å². The van der Waals surface area contributed by atoms with Gasteiger partial charge in [-0.05, 0) is 34.1 Å². The summed E-state index contributed by atoms with van der Waals surface area (Å²) in [6, 6.07) is 10.7. The number of aromatic amines is 1. The number of ether oxygens (including phenoxy) is 1. The fourth-order valence-corrected chi connectivity index (χ4v) is 2.89. The molecule has 2 N–H and O–H groups in total. The van der Waals surface area contributed by atoms with Crippen molar-refractivity contribution in [1.82, 2.24) is 9.97 Å². The highest BCUT2D eigenvalue weighted by Crippen LogP contribution is 2.28. The maximum atomic E-state index is 12.2. The van der Waals surface area contributed by atoms with Crippen LogP contribution in [0.1, 0.15) is 10.5 Å². The molecule has 0 aliphatic heterocycles. The molecule has 0 saturated heterocycles. The summed E-state index contributed by atoms with van der Waals surface area (Å²) < 4.78 is 5.63. The molecule has 24 heavy (non-hydrogen) atoms. The predicted octanol–water partition coefficient (Wildman–Crippen LogP) is 3.77. The topological polar surface area (TPSA) is 84.1 Å². The van der Waals surface area contributed by atoms with E-state index in [2.05, 4.69) is 31.2 Å². The van der Waals surface area contributed by atoms with Gasteiger partial charge in [0.2, 0.25) is 0 Å². The second-order valence-corrected chi connectivity index (χ2v) is 5.98. The molecular formula is C16H11BrClN3O3. The minimum Gasteiger partial charge on any atom is -0.451 e. The van der Waals surface area contributed by atoms with Crippen LogP contribution in [0.2, 0.25) is 5.15 Å². The molecule has 0 bridgehead atoms. The van der Waals surface area contributed by atoms with Crippen LogP contribution in [0.5, 0.6) is 0 Å². The molecule has 0 saturated carbocycles. The molecule has 2 aromatic heterocycles. The number of anilines is 1. The molecule has 122 valence electrons. The fourth-order valence-electron chi connectivity index (χ4n) is 2.12. The molecule has 0 aliphatic carbocycles. The van der Waals surface area contributed by atoms with E-state index in [1.807, 2.05) is 24.3 Å². The average molecular weight is 409 g/mol. The van der Waals surface area contributed by atoms with Crippen LogP contribution in [-0.4, -0.2) is 28.5 Å². The predicted molar refractivity (Wildman–Crippen MR) is 94.2 cm³/mol. The Bertz CT molecular complexity index is 926. The monoisotopic (exact) mass is 407 g/mol. The van der Waals surface area contributed by atoms with Crippen molar-refractivity contribution >= 4 is 56.0 Å². The zero-order chi connectivity index (χ0) is 17.1. The number of benzene rings is 1. The molecule has 0 aliphatic rings. The van der Waals surface area contributed by atoms with Crippen LogP contribution in [0.15, 0.2) is 47.1 Å². The molecule has 8 heteroatoms. The van der Waals surface area contributed by atoms with E-state index in [1.165, 1.54) is 6.20 Å². The van der Waals surface area contributed by atoms with E-state index in [1.54, 1.807) is 12.1 Å². The number of carbonyl (C=O) groups is 2. The second kappa shape index (κ2) is 7.02. The third kappa shape index (κ3) is 3.42. The number of nitrogens with zero attached hydrogens (tertiary/aromatic N) is 1. The van der Waals surface area contributed by atoms with Crippen LogP contribution in [0.25, 0.3) is 10.9 Å². The van der Waals surface area contributed by atoms with Crippen molar-refractivity contribution in [2.45, 2.75) is 0 Å². The van der Waals surface area contributed by atoms with Crippen molar-refractivity contribution in [3.8, 4) is 0 Å². The molecule has 3 rings (SSSR count). The first kappa shape index (κ1) is 16.5. The first-order chi connectivity index (χ1) is 11.6. The summed E-state index contributed by atoms with van der Waals surface area (Å²) in [7, 11) is 0. The Kier molecular flexibility index (Phi) is 4.82. The average Bonchev–Trinajstić information content (AvgIpc) is 2.92. The fraction of sp³-hybridized carbons (Fsp3) is 0.0625. The van der Waals surface area contributed by atoms with Gasteiger partial charge in [-0.3, -0.25) is 4.79 Å². The number of H-pyrrole nitrogens is 1. The van der Waals surface area contributed by atoms with Crippen LogP contribution >= 0.6 is 27.5 Å². The number of hydrogen-bond donors (Lipinski definition) is 2. The Balaban J connectivity index is 1.65. The Hall–Kier alpha value is -2.38. The van der Waals surface area contributed by atoms with E-state index in [9.17, 15) is 9.59 Å². The van der Waals surface area contributed by atoms with Crippen molar-refractivity contribution < 1.29 is 14.3 Å². The molecule has 0 fully saturated rings. The van der Waals surface area contributed by atoms with Crippen molar-refractivity contribution in [3.63, 3.8) is 0 Å². The molecule has 6 nitrogen and oxygen atoms in total. The van der Waals surface area contributed by atoms with Gasteiger partial charge in [0.1, 0.15) is 5.69 Å². The Morgan fingerprint density at radius 2 is 2.04 bits per heavy atom. The van der Waals surface area contributed by atoms with E-state index in [0.717, 1.165) is 10.9 Å². The summed E-state index contributed by atoms with van der Waals surface area (Å²) in [5.74, 6) is -1.14. The van der Waals surface area contributed by atoms with Crippen LogP contribution in [0, 0.1) is 0 Å². The Morgan fingerprint density at radius 1 is 1.25 bits per heavy atom. The lowest BCUT2D eigenvalue weighted by Gasteiger charge is -2.07. The van der Waals surface area contributed by atoms with Gasteiger partial charge < -0.3 is 15.0 Å². The molecule has 3 aromatic rings. The van der Waals surface area contributed by atoms with E-state index >= 15 is 0 Å². The molecule has 0 spiro atoms. The van der Waals surface area contributed by atoms with Crippen molar-refractivity contribution in [1.29, 1.82) is 0 Å². The van der Waals surface area contributed by atoms with E-state index < -0.39 is 18.5 Å². The lowest BCUT2D eigenvalue weighted by atomic mass is 10.2. The third-order valence-corrected chi connectivity index (χ3v) is 4.34. The van der Waals surface area contributed by atoms with Gasteiger partial charge in [-0.2, -0.15) is 0 Å². The quantitative estimate of drug-likeness (QED) is 0.508. The largest absolute Gasteiger partial charge is 0.451 e. The summed E-state index contributed by atoms with van der Waals surface area (Å²) in [5, 5.41) is 3.55. The molecule has 0 unspecified atom stereocenters. The van der Waals surface area contributed by atoms with E-state index in [4.69, 9.17) is 16.3 Å². The number of halogens is 2. The Morgan fingerprint density at radius 3 is 2.79 bits per heavy atom. The normalized spacial score (nSPS) is 10.6. The lowest BCUT2D eigenvalue weighted by Crippen LogP contribution is -2.21. The highest BCUT2D eigenvalue weighted by Gasteiger charge is 2.18. The molecule has 0 atom stereocenters. The summed E-state index contributed by atoms with van der Waals surface area (Å²) in [6.07, 6.45) is 1.51. The number of nitrogens with one attached hydrogen (secondary N) is 2. The van der Waals surface area contributed by atoms with Crippen molar-refractivity contribution in [2.24, 2.45) is 0 Å².